The Morgan fingerprint density at radius 2 is 2.39 bits per heavy atom. The van der Waals surface area contributed by atoms with Gasteiger partial charge in [0.2, 0.25) is 0 Å². The van der Waals surface area contributed by atoms with Gasteiger partial charge in [-0.05, 0) is 0 Å². The Bertz CT molecular complexity index is 758. The van der Waals surface area contributed by atoms with E-state index < -0.39 is 11.5 Å². The van der Waals surface area contributed by atoms with Gasteiger partial charge < -0.3 is 5.32 Å². The van der Waals surface area contributed by atoms with E-state index in [9.17, 15) is 9.59 Å². The largest absolute Gasteiger partial charge is 0.307 e. The lowest BCUT2D eigenvalue weighted by Crippen LogP contribution is -2.25. The Morgan fingerprint density at radius 3 is 3.17 bits per heavy atom. The Kier molecular flexibility index (Phi) is 2.41. The molecule has 0 aliphatic carbocycles. The molecule has 2 N–H and O–H groups in total. The van der Waals surface area contributed by atoms with Gasteiger partial charge in [-0.2, -0.15) is 5.10 Å². The number of carbonyl (C=O) groups excluding carboxylic acids is 1. The van der Waals surface area contributed by atoms with Gasteiger partial charge in [-0.15, -0.1) is 11.3 Å². The van der Waals surface area contributed by atoms with Crippen LogP contribution in [0.1, 0.15) is 10.4 Å². The van der Waals surface area contributed by atoms with Gasteiger partial charge >= 0.3 is 0 Å². The van der Waals surface area contributed by atoms with Crippen molar-refractivity contribution in [1.82, 2.24) is 19.6 Å². The van der Waals surface area contributed by atoms with Gasteiger partial charge in [0.25, 0.3) is 11.5 Å². The number of amides is 1. The van der Waals surface area contributed by atoms with Crippen molar-refractivity contribution in [1.29, 1.82) is 0 Å². The van der Waals surface area contributed by atoms with Crippen LogP contribution < -0.4 is 10.9 Å². The van der Waals surface area contributed by atoms with E-state index in [1.165, 1.54) is 28.1 Å². The van der Waals surface area contributed by atoms with E-state index in [1.54, 1.807) is 17.6 Å². The molecule has 0 saturated carbocycles. The predicted octanol–water partition coefficient (Wildman–Crippen LogP) is 0.731. The number of anilines is 1. The van der Waals surface area contributed by atoms with Crippen LogP contribution in [0, 0.1) is 0 Å². The fourth-order valence-corrected chi connectivity index (χ4v) is 2.17. The summed E-state index contributed by atoms with van der Waals surface area (Å²) in [7, 11) is 0. The molecule has 0 spiro atoms. The normalized spacial score (nSPS) is 10.7. The Labute approximate surface area is 104 Å². The fraction of sp³-hybridized carbons (Fsp3) is 0. The summed E-state index contributed by atoms with van der Waals surface area (Å²) in [6, 6.07) is 1.59. The van der Waals surface area contributed by atoms with Gasteiger partial charge in [0.1, 0.15) is 11.4 Å². The van der Waals surface area contributed by atoms with Crippen LogP contribution >= 0.6 is 11.3 Å². The minimum Gasteiger partial charge on any atom is -0.307 e. The third kappa shape index (κ3) is 1.68. The summed E-state index contributed by atoms with van der Waals surface area (Å²) in [5.41, 5.74) is -0.404. The van der Waals surface area contributed by atoms with Gasteiger partial charge in [-0.3, -0.25) is 19.1 Å². The third-order valence-corrected chi connectivity index (χ3v) is 3.11. The second-order valence-corrected chi connectivity index (χ2v) is 4.33. The van der Waals surface area contributed by atoms with Crippen LogP contribution in [0.25, 0.3) is 4.96 Å². The summed E-state index contributed by atoms with van der Waals surface area (Å²) < 4.78 is 1.34. The van der Waals surface area contributed by atoms with Crippen LogP contribution in [0.3, 0.4) is 0 Å². The van der Waals surface area contributed by atoms with Crippen molar-refractivity contribution >= 4 is 28.0 Å². The monoisotopic (exact) mass is 261 g/mol. The highest BCUT2D eigenvalue weighted by Crippen LogP contribution is 2.07. The topological polar surface area (TPSA) is 92.2 Å². The SMILES string of the molecule is O=C(Nc1ccn[nH]1)c1cnc2sccn2c1=O. The van der Waals surface area contributed by atoms with E-state index in [2.05, 4.69) is 20.5 Å². The Hall–Kier alpha value is -2.48. The van der Waals surface area contributed by atoms with Crippen LogP contribution in [0.15, 0.2) is 34.8 Å². The van der Waals surface area contributed by atoms with Crippen molar-refractivity contribution in [3.63, 3.8) is 0 Å². The molecule has 0 unspecified atom stereocenters. The third-order valence-electron chi connectivity index (χ3n) is 2.34. The van der Waals surface area contributed by atoms with Crippen LogP contribution in [0.4, 0.5) is 5.82 Å². The summed E-state index contributed by atoms with van der Waals surface area (Å²) >= 11 is 1.33. The van der Waals surface area contributed by atoms with Gasteiger partial charge in [0, 0.05) is 23.8 Å². The molecule has 3 heterocycles. The number of hydrogen-bond acceptors (Lipinski definition) is 5. The number of thiazole rings is 1. The molecule has 8 heteroatoms. The Balaban J connectivity index is 2.01. The molecule has 0 bridgehead atoms. The number of carbonyl (C=O) groups is 1. The van der Waals surface area contributed by atoms with E-state index >= 15 is 0 Å². The first-order chi connectivity index (χ1) is 8.75. The fourth-order valence-electron chi connectivity index (χ4n) is 1.50. The predicted molar refractivity (Wildman–Crippen MR) is 65.9 cm³/mol. The average Bonchev–Trinajstić information content (AvgIpc) is 2.99. The molecule has 3 aromatic rings. The smallest absolute Gasteiger partial charge is 0.271 e. The van der Waals surface area contributed by atoms with Gasteiger partial charge in [0.15, 0.2) is 4.96 Å². The number of fused-ring (bicyclic) bond motifs is 1. The quantitative estimate of drug-likeness (QED) is 0.711. The number of aromatic nitrogens is 4. The van der Waals surface area contributed by atoms with E-state index in [4.69, 9.17) is 0 Å². The molecule has 0 saturated heterocycles. The van der Waals surface area contributed by atoms with E-state index in [1.807, 2.05) is 0 Å². The minimum absolute atomic E-state index is 0.0134. The Morgan fingerprint density at radius 1 is 1.50 bits per heavy atom. The highest BCUT2D eigenvalue weighted by molar-refractivity contribution is 7.15. The molecule has 0 fully saturated rings. The standard InChI is InChI=1S/C10H7N5O2S/c16-8(13-7-1-2-12-14-7)6-5-11-10-15(9(6)17)3-4-18-10/h1-5H,(H2,12,13,14,16). The maximum atomic E-state index is 12.0. The molecule has 0 aromatic carbocycles. The number of H-pyrrole nitrogens is 1. The minimum atomic E-state index is -0.516. The van der Waals surface area contributed by atoms with Crippen molar-refractivity contribution in [3.8, 4) is 0 Å². The zero-order valence-electron chi connectivity index (χ0n) is 8.95. The van der Waals surface area contributed by atoms with Gasteiger partial charge in [-0.25, -0.2) is 4.98 Å². The van der Waals surface area contributed by atoms with E-state index in [-0.39, 0.29) is 5.56 Å². The lowest BCUT2D eigenvalue weighted by Gasteiger charge is -2.01. The van der Waals surface area contributed by atoms with Crippen molar-refractivity contribution in [3.05, 3.63) is 46.0 Å². The molecule has 7 nitrogen and oxygen atoms in total. The molecule has 18 heavy (non-hydrogen) atoms. The maximum absolute atomic E-state index is 12.0. The highest BCUT2D eigenvalue weighted by Gasteiger charge is 2.14. The first-order valence-corrected chi connectivity index (χ1v) is 5.89. The molecule has 0 aliphatic rings. The molecule has 0 radical (unpaired) electrons. The number of aromatic amines is 1. The number of hydrogen-bond donors (Lipinski definition) is 2. The average molecular weight is 261 g/mol. The summed E-state index contributed by atoms with van der Waals surface area (Å²) in [6.07, 6.45) is 4.37. The van der Waals surface area contributed by atoms with Crippen molar-refractivity contribution < 1.29 is 4.79 Å². The summed E-state index contributed by atoms with van der Waals surface area (Å²) in [6.45, 7) is 0. The number of nitrogens with zero attached hydrogens (tertiary/aromatic N) is 3. The molecule has 1 amide bonds. The van der Waals surface area contributed by atoms with Crippen molar-refractivity contribution in [2.45, 2.75) is 0 Å². The second kappa shape index (κ2) is 4.08. The molecule has 3 rings (SSSR count). The molecule has 3 aromatic heterocycles. The van der Waals surface area contributed by atoms with Crippen molar-refractivity contribution in [2.75, 3.05) is 5.32 Å². The maximum Gasteiger partial charge on any atom is 0.271 e. The van der Waals surface area contributed by atoms with Crippen LogP contribution in [0.2, 0.25) is 0 Å². The van der Waals surface area contributed by atoms with Crippen LogP contribution in [-0.4, -0.2) is 25.5 Å². The molecular weight excluding hydrogens is 254 g/mol. The zero-order chi connectivity index (χ0) is 12.5. The highest BCUT2D eigenvalue weighted by atomic mass is 32.1. The molecule has 0 aliphatic heterocycles. The lowest BCUT2D eigenvalue weighted by molar-refractivity contribution is 0.102. The van der Waals surface area contributed by atoms with Gasteiger partial charge in [0.05, 0.1) is 6.20 Å². The summed E-state index contributed by atoms with van der Waals surface area (Å²) in [5.74, 6) is -0.0906. The molecule has 0 atom stereocenters. The van der Waals surface area contributed by atoms with Crippen LogP contribution in [0.5, 0.6) is 0 Å². The van der Waals surface area contributed by atoms with E-state index in [0.717, 1.165) is 0 Å². The number of nitrogens with one attached hydrogen (secondary N) is 2. The molecule has 90 valence electrons. The van der Waals surface area contributed by atoms with Gasteiger partial charge in [-0.1, -0.05) is 0 Å². The van der Waals surface area contributed by atoms with Crippen molar-refractivity contribution in [2.24, 2.45) is 0 Å². The second-order valence-electron chi connectivity index (χ2n) is 3.46. The summed E-state index contributed by atoms with van der Waals surface area (Å²) in [5, 5.41) is 10.5. The first-order valence-electron chi connectivity index (χ1n) is 5.01. The zero-order valence-corrected chi connectivity index (χ0v) is 9.77. The van der Waals surface area contributed by atoms with Crippen LogP contribution in [-0.2, 0) is 0 Å². The molecular formula is C10H7N5O2S. The first kappa shape index (κ1) is 10.7. The number of rotatable bonds is 2. The van der Waals surface area contributed by atoms with E-state index in [0.29, 0.717) is 10.8 Å². The lowest BCUT2D eigenvalue weighted by atomic mass is 10.3. The summed E-state index contributed by atoms with van der Waals surface area (Å²) in [4.78, 5) is 28.5.